The quantitative estimate of drug-likeness (QED) is 0.796. The minimum absolute atomic E-state index is 0.100. The molecule has 0 amide bonds. The van der Waals surface area contributed by atoms with Gasteiger partial charge in [0.05, 0.1) is 6.04 Å². The molecule has 3 aromatic heterocycles. The summed E-state index contributed by atoms with van der Waals surface area (Å²) in [6.07, 6.45) is 3.45. The minimum Gasteiger partial charge on any atom is -0.332 e. The van der Waals surface area contributed by atoms with Crippen molar-refractivity contribution in [1.29, 1.82) is 0 Å². The van der Waals surface area contributed by atoms with E-state index in [0.29, 0.717) is 17.4 Å². The molecule has 7 heteroatoms. The summed E-state index contributed by atoms with van der Waals surface area (Å²) in [4.78, 5) is 12.8. The topological polar surface area (TPSA) is 90.7 Å². The van der Waals surface area contributed by atoms with E-state index in [1.807, 2.05) is 25.3 Å². The number of aryl methyl sites for hydroxylation is 1. The van der Waals surface area contributed by atoms with Crippen molar-refractivity contribution in [3.05, 3.63) is 34.4 Å². The zero-order valence-corrected chi connectivity index (χ0v) is 11.9. The molecule has 20 heavy (non-hydrogen) atoms. The number of nitrogens with zero attached hydrogens (tertiary/aromatic N) is 4. The van der Waals surface area contributed by atoms with Crippen LogP contribution in [-0.4, -0.2) is 20.1 Å². The van der Waals surface area contributed by atoms with Crippen molar-refractivity contribution in [2.75, 3.05) is 0 Å². The van der Waals surface area contributed by atoms with Gasteiger partial charge in [-0.05, 0) is 25.5 Å². The molecule has 0 aliphatic carbocycles. The van der Waals surface area contributed by atoms with E-state index in [1.54, 1.807) is 12.4 Å². The minimum atomic E-state index is -0.100. The van der Waals surface area contributed by atoms with E-state index in [9.17, 15) is 0 Å². The van der Waals surface area contributed by atoms with Gasteiger partial charge in [0.15, 0.2) is 0 Å². The number of nitrogens with two attached hydrogens (primary N) is 1. The Labute approximate surface area is 119 Å². The molecule has 6 nitrogen and oxygen atoms in total. The van der Waals surface area contributed by atoms with Crippen molar-refractivity contribution in [3.8, 4) is 23.0 Å². The molecule has 1 atom stereocenters. The predicted octanol–water partition coefficient (Wildman–Crippen LogP) is 2.58. The van der Waals surface area contributed by atoms with Crippen molar-refractivity contribution >= 4 is 11.3 Å². The van der Waals surface area contributed by atoms with Gasteiger partial charge >= 0.3 is 0 Å². The van der Waals surface area contributed by atoms with Gasteiger partial charge in [0, 0.05) is 23.3 Å². The molecular formula is C13H13N5OS. The van der Waals surface area contributed by atoms with Crippen molar-refractivity contribution in [2.45, 2.75) is 19.9 Å². The molecule has 0 fully saturated rings. The lowest BCUT2D eigenvalue weighted by Gasteiger charge is -1.97. The highest BCUT2D eigenvalue weighted by Crippen LogP contribution is 2.26. The number of hydrogen-bond acceptors (Lipinski definition) is 7. The SMILES string of the molecule is Cc1ccncc1-c1noc(-c2csc(C(C)N)n2)n1. The van der Waals surface area contributed by atoms with E-state index in [2.05, 4.69) is 20.1 Å². The molecule has 0 bridgehead atoms. The highest BCUT2D eigenvalue weighted by molar-refractivity contribution is 7.10. The van der Waals surface area contributed by atoms with Gasteiger partial charge < -0.3 is 10.3 Å². The molecule has 102 valence electrons. The Bertz CT molecular complexity index is 734. The number of aromatic nitrogens is 4. The first kappa shape index (κ1) is 12.9. The van der Waals surface area contributed by atoms with Crippen LogP contribution in [0.5, 0.6) is 0 Å². The second kappa shape index (κ2) is 5.10. The molecule has 0 saturated carbocycles. The lowest BCUT2D eigenvalue weighted by atomic mass is 10.1. The highest BCUT2D eigenvalue weighted by Gasteiger charge is 2.16. The summed E-state index contributed by atoms with van der Waals surface area (Å²) in [6, 6.07) is 1.80. The van der Waals surface area contributed by atoms with Crippen molar-refractivity contribution in [1.82, 2.24) is 20.1 Å². The maximum atomic E-state index is 5.79. The van der Waals surface area contributed by atoms with Gasteiger partial charge in [-0.3, -0.25) is 4.98 Å². The Balaban J connectivity index is 1.96. The third kappa shape index (κ3) is 2.33. The number of pyridine rings is 1. The molecule has 2 N–H and O–H groups in total. The molecule has 0 aromatic carbocycles. The number of rotatable bonds is 3. The second-order valence-corrected chi connectivity index (χ2v) is 5.36. The number of hydrogen-bond donors (Lipinski definition) is 1. The summed E-state index contributed by atoms with van der Waals surface area (Å²) in [7, 11) is 0. The maximum absolute atomic E-state index is 5.79. The zero-order valence-electron chi connectivity index (χ0n) is 11.1. The van der Waals surface area contributed by atoms with E-state index >= 15 is 0 Å². The molecule has 0 spiro atoms. The zero-order chi connectivity index (χ0) is 14.1. The predicted molar refractivity (Wildman–Crippen MR) is 76.0 cm³/mol. The molecule has 0 radical (unpaired) electrons. The first-order chi connectivity index (χ1) is 9.65. The van der Waals surface area contributed by atoms with Crippen LogP contribution >= 0.6 is 11.3 Å². The van der Waals surface area contributed by atoms with Crippen LogP contribution in [0.25, 0.3) is 23.0 Å². The van der Waals surface area contributed by atoms with Crippen LogP contribution in [0.3, 0.4) is 0 Å². The maximum Gasteiger partial charge on any atom is 0.277 e. The highest BCUT2D eigenvalue weighted by atomic mass is 32.1. The smallest absolute Gasteiger partial charge is 0.277 e. The standard InChI is InChI=1S/C13H13N5OS/c1-7-3-4-15-5-9(7)11-17-12(19-18-11)10-6-20-13(16-10)8(2)14/h3-6,8H,14H2,1-2H3. The molecule has 3 aromatic rings. The summed E-state index contributed by atoms with van der Waals surface area (Å²) in [5.74, 6) is 0.910. The van der Waals surface area contributed by atoms with Gasteiger partial charge in [-0.15, -0.1) is 11.3 Å². The fraction of sp³-hybridized carbons (Fsp3) is 0.231. The Morgan fingerprint density at radius 3 is 2.90 bits per heavy atom. The molecular weight excluding hydrogens is 274 g/mol. The average molecular weight is 287 g/mol. The fourth-order valence-electron chi connectivity index (χ4n) is 1.73. The van der Waals surface area contributed by atoms with Gasteiger partial charge in [0.2, 0.25) is 5.82 Å². The Morgan fingerprint density at radius 2 is 2.20 bits per heavy atom. The Kier molecular flexibility index (Phi) is 3.29. The van der Waals surface area contributed by atoms with Crippen molar-refractivity contribution < 1.29 is 4.52 Å². The van der Waals surface area contributed by atoms with Crippen LogP contribution in [0.15, 0.2) is 28.4 Å². The summed E-state index contributed by atoms with van der Waals surface area (Å²) in [5, 5.41) is 6.70. The van der Waals surface area contributed by atoms with Crippen LogP contribution < -0.4 is 5.73 Å². The van der Waals surface area contributed by atoms with E-state index in [0.717, 1.165) is 16.1 Å². The molecule has 0 aliphatic heterocycles. The number of thiazole rings is 1. The lowest BCUT2D eigenvalue weighted by molar-refractivity contribution is 0.431. The van der Waals surface area contributed by atoms with E-state index in [4.69, 9.17) is 10.3 Å². The molecule has 1 unspecified atom stereocenters. The van der Waals surface area contributed by atoms with Gasteiger partial charge in [-0.2, -0.15) is 4.98 Å². The largest absolute Gasteiger partial charge is 0.332 e. The molecule has 0 saturated heterocycles. The molecule has 0 aliphatic rings. The van der Waals surface area contributed by atoms with Gasteiger partial charge in [-0.25, -0.2) is 4.98 Å². The van der Waals surface area contributed by atoms with E-state index in [1.165, 1.54) is 11.3 Å². The summed E-state index contributed by atoms with van der Waals surface area (Å²) in [6.45, 7) is 3.87. The third-order valence-electron chi connectivity index (χ3n) is 2.84. The fourth-order valence-corrected chi connectivity index (χ4v) is 2.48. The summed E-state index contributed by atoms with van der Waals surface area (Å²) < 4.78 is 5.27. The van der Waals surface area contributed by atoms with Crippen LogP contribution in [-0.2, 0) is 0 Å². The van der Waals surface area contributed by atoms with Crippen molar-refractivity contribution in [2.24, 2.45) is 5.73 Å². The first-order valence-electron chi connectivity index (χ1n) is 6.11. The first-order valence-corrected chi connectivity index (χ1v) is 6.99. The van der Waals surface area contributed by atoms with E-state index in [-0.39, 0.29) is 6.04 Å². The molecule has 3 heterocycles. The van der Waals surface area contributed by atoms with Gasteiger partial charge in [0.25, 0.3) is 5.89 Å². The van der Waals surface area contributed by atoms with Crippen LogP contribution in [0.4, 0.5) is 0 Å². The van der Waals surface area contributed by atoms with Gasteiger partial charge in [-0.1, -0.05) is 5.16 Å². The van der Waals surface area contributed by atoms with Crippen LogP contribution in [0.2, 0.25) is 0 Å². The van der Waals surface area contributed by atoms with Gasteiger partial charge in [0.1, 0.15) is 10.7 Å². The Hall–Kier alpha value is -2.12. The normalized spacial score (nSPS) is 12.6. The van der Waals surface area contributed by atoms with E-state index < -0.39 is 0 Å². The summed E-state index contributed by atoms with van der Waals surface area (Å²) in [5.41, 5.74) is 8.34. The third-order valence-corrected chi connectivity index (χ3v) is 3.88. The lowest BCUT2D eigenvalue weighted by Crippen LogP contribution is -2.03. The second-order valence-electron chi connectivity index (χ2n) is 4.47. The molecule has 3 rings (SSSR count). The van der Waals surface area contributed by atoms with Crippen molar-refractivity contribution in [3.63, 3.8) is 0 Å². The average Bonchev–Trinajstić information content (AvgIpc) is 3.08. The van der Waals surface area contributed by atoms with Crippen LogP contribution in [0, 0.1) is 6.92 Å². The summed E-state index contributed by atoms with van der Waals surface area (Å²) >= 11 is 1.48. The van der Waals surface area contributed by atoms with Crippen LogP contribution in [0.1, 0.15) is 23.5 Å². The monoisotopic (exact) mass is 287 g/mol. The Morgan fingerprint density at radius 1 is 1.35 bits per heavy atom.